The van der Waals surface area contributed by atoms with Crippen molar-refractivity contribution in [2.45, 2.75) is 58.1 Å². The fourth-order valence-electron chi connectivity index (χ4n) is 4.60. The van der Waals surface area contributed by atoms with E-state index in [1.54, 1.807) is 30.2 Å². The third-order valence-corrected chi connectivity index (χ3v) is 6.35. The quantitative estimate of drug-likeness (QED) is 0.577. The van der Waals surface area contributed by atoms with E-state index in [4.69, 9.17) is 9.47 Å². The minimum absolute atomic E-state index is 0.0263. The molecule has 4 rings (SSSR count). The molecule has 1 amide bonds. The number of pyridine rings is 1. The second-order valence-corrected chi connectivity index (χ2v) is 10.3. The molecule has 1 saturated heterocycles. The standard InChI is InChI=1S/C26H31F2N3O6/c1-26(2,3)37-25(35)29-11-19(28)14-6-5-9-30(12-14)21-18(27)10-16-20(23(21)36-4)31(15-7-8-15)13-17(22(16)32)24(33)34/h10,13,15H,5-9,11-12H2,1-4H3,(H,29,35)(H,33,34)/b19-14+. The fraction of sp³-hybridized carbons (Fsp3) is 0.500. The average Bonchev–Trinajstić information content (AvgIpc) is 3.66. The zero-order chi connectivity index (χ0) is 27.1. The van der Waals surface area contributed by atoms with Gasteiger partial charge in [0.05, 0.1) is 24.6 Å². The second kappa shape index (κ2) is 10.0. The molecule has 2 aromatic rings. The van der Waals surface area contributed by atoms with Crippen LogP contribution < -0.4 is 20.4 Å². The van der Waals surface area contributed by atoms with Gasteiger partial charge in [-0.05, 0) is 58.1 Å². The molecular formula is C26H31F2N3O6. The number of ether oxygens (including phenoxy) is 2. The number of halogens is 2. The van der Waals surface area contributed by atoms with Gasteiger partial charge in [0.1, 0.15) is 22.7 Å². The van der Waals surface area contributed by atoms with Gasteiger partial charge in [-0.3, -0.25) is 4.79 Å². The Labute approximate surface area is 212 Å². The van der Waals surface area contributed by atoms with E-state index in [1.807, 2.05) is 0 Å². The highest BCUT2D eigenvalue weighted by atomic mass is 19.1. The number of carboxylic acid groups (broad SMARTS) is 1. The van der Waals surface area contributed by atoms with Crippen molar-refractivity contribution in [2.75, 3.05) is 31.6 Å². The summed E-state index contributed by atoms with van der Waals surface area (Å²) in [5.74, 6) is -2.58. The van der Waals surface area contributed by atoms with E-state index in [-0.39, 0.29) is 36.0 Å². The summed E-state index contributed by atoms with van der Waals surface area (Å²) in [4.78, 5) is 38.1. The Morgan fingerprint density at radius 1 is 1.27 bits per heavy atom. The Kier molecular flexibility index (Phi) is 7.16. The SMILES string of the molecule is COc1c(N2CCC/C(=C(\F)CNC(=O)OC(C)(C)C)C2)c(F)cc2c(=O)c(C(=O)O)cn(C3CC3)c12. The first kappa shape index (κ1) is 26.4. The number of amides is 1. The van der Waals surface area contributed by atoms with Gasteiger partial charge in [-0.25, -0.2) is 18.4 Å². The Morgan fingerprint density at radius 2 is 1.97 bits per heavy atom. The van der Waals surface area contributed by atoms with Crippen LogP contribution in [0.3, 0.4) is 0 Å². The number of rotatable bonds is 6. The van der Waals surface area contributed by atoms with Crippen molar-refractivity contribution < 1.29 is 33.0 Å². The third kappa shape index (κ3) is 5.55. The lowest BCUT2D eigenvalue weighted by atomic mass is 10.0. The number of carbonyl (C=O) groups is 2. The van der Waals surface area contributed by atoms with Crippen molar-refractivity contribution in [2.24, 2.45) is 0 Å². The lowest BCUT2D eigenvalue weighted by molar-refractivity contribution is 0.0529. The monoisotopic (exact) mass is 519 g/mol. The molecule has 1 aliphatic carbocycles. The molecule has 0 spiro atoms. The molecule has 200 valence electrons. The highest BCUT2D eigenvalue weighted by Crippen LogP contribution is 2.44. The molecule has 1 aliphatic heterocycles. The third-order valence-electron chi connectivity index (χ3n) is 6.35. The van der Waals surface area contributed by atoms with Crippen LogP contribution in [0, 0.1) is 5.82 Å². The Balaban J connectivity index is 1.71. The molecular weight excluding hydrogens is 488 g/mol. The molecule has 1 aromatic carbocycles. The summed E-state index contributed by atoms with van der Waals surface area (Å²) in [6.45, 7) is 5.23. The fourth-order valence-corrected chi connectivity index (χ4v) is 4.60. The van der Waals surface area contributed by atoms with Crippen molar-refractivity contribution >= 4 is 28.7 Å². The van der Waals surface area contributed by atoms with E-state index in [0.29, 0.717) is 30.5 Å². The molecule has 2 fully saturated rings. The molecule has 37 heavy (non-hydrogen) atoms. The van der Waals surface area contributed by atoms with Crippen LogP contribution in [0.2, 0.25) is 0 Å². The number of nitrogens with zero attached hydrogens (tertiary/aromatic N) is 2. The number of alkyl carbamates (subject to hydrolysis) is 1. The number of aromatic carboxylic acids is 1. The van der Waals surface area contributed by atoms with Crippen molar-refractivity contribution in [1.29, 1.82) is 0 Å². The summed E-state index contributed by atoms with van der Waals surface area (Å²) < 4.78 is 43.0. The van der Waals surface area contributed by atoms with E-state index in [2.05, 4.69) is 5.32 Å². The minimum atomic E-state index is -1.38. The number of nitrogens with one attached hydrogen (secondary N) is 1. The highest BCUT2D eigenvalue weighted by molar-refractivity contribution is 5.97. The lowest BCUT2D eigenvalue weighted by Crippen LogP contribution is -2.35. The molecule has 0 atom stereocenters. The van der Waals surface area contributed by atoms with Crippen LogP contribution in [0.25, 0.3) is 10.9 Å². The van der Waals surface area contributed by atoms with Gasteiger partial charge in [-0.2, -0.15) is 0 Å². The van der Waals surface area contributed by atoms with E-state index in [9.17, 15) is 19.5 Å². The van der Waals surface area contributed by atoms with Crippen LogP contribution in [0.5, 0.6) is 5.75 Å². The zero-order valence-corrected chi connectivity index (χ0v) is 21.3. The summed E-state index contributed by atoms with van der Waals surface area (Å²) in [7, 11) is 1.36. The van der Waals surface area contributed by atoms with Crippen LogP contribution in [-0.2, 0) is 4.74 Å². The Hall–Kier alpha value is -3.63. The first-order valence-corrected chi connectivity index (χ1v) is 12.2. The number of hydrogen-bond acceptors (Lipinski definition) is 6. The van der Waals surface area contributed by atoms with Gasteiger partial charge in [0.15, 0.2) is 11.6 Å². The van der Waals surface area contributed by atoms with Gasteiger partial charge in [0.25, 0.3) is 0 Å². The second-order valence-electron chi connectivity index (χ2n) is 10.3. The zero-order valence-electron chi connectivity index (χ0n) is 21.3. The summed E-state index contributed by atoms with van der Waals surface area (Å²) >= 11 is 0. The molecule has 2 N–H and O–H groups in total. The molecule has 0 radical (unpaired) electrons. The molecule has 1 saturated carbocycles. The maximum absolute atomic E-state index is 15.6. The van der Waals surface area contributed by atoms with E-state index in [1.165, 1.54) is 13.3 Å². The first-order chi connectivity index (χ1) is 17.4. The minimum Gasteiger partial charge on any atom is -0.492 e. The predicted molar refractivity (Wildman–Crippen MR) is 134 cm³/mol. The van der Waals surface area contributed by atoms with Crippen LogP contribution in [0.1, 0.15) is 62.9 Å². The molecule has 0 bridgehead atoms. The van der Waals surface area contributed by atoms with Crippen LogP contribution in [0.4, 0.5) is 19.3 Å². The lowest BCUT2D eigenvalue weighted by Gasteiger charge is -2.33. The molecule has 9 nitrogen and oxygen atoms in total. The van der Waals surface area contributed by atoms with Crippen molar-refractivity contribution in [1.82, 2.24) is 9.88 Å². The number of hydrogen-bond donors (Lipinski definition) is 2. The molecule has 2 heterocycles. The summed E-state index contributed by atoms with van der Waals surface area (Å²) in [6, 6.07) is 1.01. The number of piperidine rings is 1. The number of carboxylic acids is 1. The maximum atomic E-state index is 15.6. The Bertz CT molecular complexity index is 1340. The van der Waals surface area contributed by atoms with Crippen molar-refractivity contribution in [3.8, 4) is 5.75 Å². The first-order valence-electron chi connectivity index (χ1n) is 12.2. The van der Waals surface area contributed by atoms with Gasteiger partial charge in [0, 0.05) is 25.3 Å². The summed E-state index contributed by atoms with van der Waals surface area (Å²) in [6.07, 6.45) is 3.10. The number of anilines is 1. The van der Waals surface area contributed by atoms with Crippen LogP contribution in [0.15, 0.2) is 28.5 Å². The summed E-state index contributed by atoms with van der Waals surface area (Å²) in [5.41, 5.74) is -1.13. The molecule has 1 aromatic heterocycles. The average molecular weight is 520 g/mol. The van der Waals surface area contributed by atoms with Gasteiger partial charge < -0.3 is 29.4 Å². The smallest absolute Gasteiger partial charge is 0.408 e. The molecule has 0 unspecified atom stereocenters. The molecule has 2 aliphatic rings. The van der Waals surface area contributed by atoms with Crippen LogP contribution in [-0.4, -0.2) is 54.1 Å². The van der Waals surface area contributed by atoms with E-state index >= 15 is 8.78 Å². The highest BCUT2D eigenvalue weighted by Gasteiger charge is 2.32. The van der Waals surface area contributed by atoms with Gasteiger partial charge in [-0.1, -0.05) is 0 Å². The van der Waals surface area contributed by atoms with Crippen molar-refractivity contribution in [3.05, 3.63) is 45.3 Å². The number of fused-ring (bicyclic) bond motifs is 1. The van der Waals surface area contributed by atoms with E-state index < -0.39 is 40.3 Å². The van der Waals surface area contributed by atoms with E-state index in [0.717, 1.165) is 18.9 Å². The van der Waals surface area contributed by atoms with Gasteiger partial charge >= 0.3 is 12.1 Å². The number of aromatic nitrogens is 1. The van der Waals surface area contributed by atoms with Crippen LogP contribution >= 0.6 is 0 Å². The maximum Gasteiger partial charge on any atom is 0.408 e. The summed E-state index contributed by atoms with van der Waals surface area (Å²) in [5, 5.41) is 11.8. The normalized spacial score (nSPS) is 17.5. The number of carbonyl (C=O) groups excluding carboxylic acids is 1. The predicted octanol–water partition coefficient (Wildman–Crippen LogP) is 4.53. The van der Waals surface area contributed by atoms with Gasteiger partial charge in [0.2, 0.25) is 5.43 Å². The topological polar surface area (TPSA) is 110 Å². The number of benzene rings is 1. The van der Waals surface area contributed by atoms with Crippen molar-refractivity contribution in [3.63, 3.8) is 0 Å². The Morgan fingerprint density at radius 3 is 2.57 bits per heavy atom. The molecule has 11 heteroatoms. The van der Waals surface area contributed by atoms with Gasteiger partial charge in [-0.15, -0.1) is 0 Å². The number of methoxy groups -OCH3 is 1. The largest absolute Gasteiger partial charge is 0.492 e.